The first-order valence-electron chi connectivity index (χ1n) is 8.31. The number of nitrogens with one attached hydrogen (secondary N) is 1. The van der Waals surface area contributed by atoms with Gasteiger partial charge in [-0.25, -0.2) is 4.79 Å². The van der Waals surface area contributed by atoms with Crippen LogP contribution in [-0.2, 0) is 10.2 Å². The van der Waals surface area contributed by atoms with E-state index in [0.29, 0.717) is 45.5 Å². The summed E-state index contributed by atoms with van der Waals surface area (Å²) >= 11 is 0. The fourth-order valence-electron chi connectivity index (χ4n) is 2.07. The number of nitrogens with two attached hydrogens (primary N) is 1. The number of ether oxygens (including phenoxy) is 1. The molecule has 0 aliphatic rings. The molecule has 0 atom stereocenters. The summed E-state index contributed by atoms with van der Waals surface area (Å²) in [4.78, 5) is 23.7. The minimum atomic E-state index is -0.395. The number of hydrogen-bond acceptors (Lipinski definition) is 4. The van der Waals surface area contributed by atoms with Crippen molar-refractivity contribution in [3.8, 4) is 5.75 Å². The predicted octanol–water partition coefficient (Wildman–Crippen LogP) is 2.27. The van der Waals surface area contributed by atoms with Gasteiger partial charge in [0.05, 0.1) is 6.61 Å². The van der Waals surface area contributed by atoms with Gasteiger partial charge in [-0.3, -0.25) is 9.69 Å². The average molecular weight is 335 g/mol. The zero-order valence-corrected chi connectivity index (χ0v) is 14.9. The molecule has 0 saturated carbocycles. The molecular formula is C18H29N3O3. The van der Waals surface area contributed by atoms with E-state index in [4.69, 9.17) is 10.5 Å². The molecule has 3 amide bonds. The number of benzene rings is 1. The van der Waals surface area contributed by atoms with Crippen LogP contribution in [0.5, 0.6) is 5.75 Å². The second-order valence-electron chi connectivity index (χ2n) is 6.65. The lowest BCUT2D eigenvalue weighted by molar-refractivity contribution is -0.115. The predicted molar refractivity (Wildman–Crippen MR) is 95.1 cm³/mol. The quantitative estimate of drug-likeness (QED) is 0.535. The standard InChI is InChI=1S/C18H29N3O3/c1-18(2,3)15-6-8-16(9-7-15)24-13-5-11-20-17(23)21(14-22)12-4-10-19/h6-9,14H,4-5,10-13,19H2,1-3H3,(H,20,23). The van der Waals surface area contributed by atoms with Crippen molar-refractivity contribution in [3.63, 3.8) is 0 Å². The van der Waals surface area contributed by atoms with E-state index in [-0.39, 0.29) is 5.41 Å². The van der Waals surface area contributed by atoms with Crippen LogP contribution in [0.4, 0.5) is 4.79 Å². The first-order valence-corrected chi connectivity index (χ1v) is 8.31. The summed E-state index contributed by atoms with van der Waals surface area (Å²) in [7, 11) is 0. The molecule has 0 radical (unpaired) electrons. The lowest BCUT2D eigenvalue weighted by atomic mass is 9.87. The molecule has 134 valence electrons. The molecule has 1 rings (SSSR count). The summed E-state index contributed by atoms with van der Waals surface area (Å²) in [6.07, 6.45) is 1.79. The molecule has 6 nitrogen and oxygen atoms in total. The van der Waals surface area contributed by atoms with Crippen LogP contribution in [0, 0.1) is 0 Å². The normalized spacial score (nSPS) is 11.0. The molecule has 0 aromatic heterocycles. The minimum Gasteiger partial charge on any atom is -0.494 e. The number of nitrogens with zero attached hydrogens (tertiary/aromatic N) is 1. The van der Waals surface area contributed by atoms with Gasteiger partial charge in [0.25, 0.3) is 0 Å². The number of imide groups is 1. The van der Waals surface area contributed by atoms with Crippen molar-refractivity contribution in [2.75, 3.05) is 26.2 Å². The molecule has 0 unspecified atom stereocenters. The van der Waals surface area contributed by atoms with E-state index >= 15 is 0 Å². The summed E-state index contributed by atoms with van der Waals surface area (Å²) < 4.78 is 5.66. The van der Waals surface area contributed by atoms with E-state index in [1.165, 1.54) is 5.56 Å². The number of rotatable bonds is 9. The van der Waals surface area contributed by atoms with Gasteiger partial charge in [0, 0.05) is 13.1 Å². The van der Waals surface area contributed by atoms with E-state index < -0.39 is 6.03 Å². The van der Waals surface area contributed by atoms with Crippen LogP contribution >= 0.6 is 0 Å². The Balaban J connectivity index is 2.26. The third kappa shape index (κ3) is 7.00. The van der Waals surface area contributed by atoms with E-state index in [1.807, 2.05) is 12.1 Å². The molecule has 24 heavy (non-hydrogen) atoms. The van der Waals surface area contributed by atoms with Crippen molar-refractivity contribution < 1.29 is 14.3 Å². The van der Waals surface area contributed by atoms with E-state index in [2.05, 4.69) is 38.2 Å². The van der Waals surface area contributed by atoms with E-state index in [9.17, 15) is 9.59 Å². The summed E-state index contributed by atoms with van der Waals surface area (Å²) in [5.41, 5.74) is 6.75. The van der Waals surface area contributed by atoms with Gasteiger partial charge < -0.3 is 15.8 Å². The van der Waals surface area contributed by atoms with Crippen molar-refractivity contribution in [3.05, 3.63) is 29.8 Å². The molecule has 0 fully saturated rings. The van der Waals surface area contributed by atoms with Gasteiger partial charge in [-0.15, -0.1) is 0 Å². The highest BCUT2D eigenvalue weighted by atomic mass is 16.5. The SMILES string of the molecule is CC(C)(C)c1ccc(OCCCNC(=O)N(C=O)CCCN)cc1. The molecule has 0 aliphatic heterocycles. The number of carbonyl (C=O) groups excluding carboxylic acids is 2. The summed E-state index contributed by atoms with van der Waals surface area (Å²) in [6, 6.07) is 7.65. The fourth-order valence-corrected chi connectivity index (χ4v) is 2.07. The lowest BCUT2D eigenvalue weighted by Gasteiger charge is -2.19. The van der Waals surface area contributed by atoms with Gasteiger partial charge in [-0.1, -0.05) is 32.9 Å². The zero-order chi connectivity index (χ0) is 18.0. The maximum absolute atomic E-state index is 11.7. The molecule has 1 aromatic carbocycles. The topological polar surface area (TPSA) is 84.7 Å². The maximum atomic E-state index is 11.7. The smallest absolute Gasteiger partial charge is 0.323 e. The fraction of sp³-hybridized carbons (Fsp3) is 0.556. The van der Waals surface area contributed by atoms with Gasteiger partial charge in [-0.05, 0) is 42.5 Å². The molecular weight excluding hydrogens is 306 g/mol. The molecule has 0 spiro atoms. The second kappa shape index (κ2) is 9.93. The Bertz CT molecular complexity index is 509. The van der Waals surface area contributed by atoms with Crippen LogP contribution in [0.2, 0.25) is 0 Å². The average Bonchev–Trinajstić information content (AvgIpc) is 2.55. The maximum Gasteiger partial charge on any atom is 0.323 e. The van der Waals surface area contributed by atoms with Gasteiger partial charge >= 0.3 is 6.03 Å². The van der Waals surface area contributed by atoms with Gasteiger partial charge in [0.1, 0.15) is 5.75 Å². The highest BCUT2D eigenvalue weighted by Crippen LogP contribution is 2.24. The number of amides is 3. The number of hydrogen-bond donors (Lipinski definition) is 2. The highest BCUT2D eigenvalue weighted by molar-refractivity contribution is 5.84. The molecule has 6 heteroatoms. The molecule has 0 heterocycles. The molecule has 0 aliphatic carbocycles. The zero-order valence-electron chi connectivity index (χ0n) is 14.9. The van der Waals surface area contributed by atoms with Crippen LogP contribution in [0.3, 0.4) is 0 Å². The molecule has 0 bridgehead atoms. The van der Waals surface area contributed by atoms with Crippen molar-refractivity contribution in [2.24, 2.45) is 5.73 Å². The number of urea groups is 1. The Morgan fingerprint density at radius 3 is 2.46 bits per heavy atom. The van der Waals surface area contributed by atoms with Crippen LogP contribution in [0.15, 0.2) is 24.3 Å². The molecule has 3 N–H and O–H groups in total. The Labute approximate surface area is 144 Å². The summed E-state index contributed by atoms with van der Waals surface area (Å²) in [6.45, 7) is 8.23. The van der Waals surface area contributed by atoms with Crippen molar-refractivity contribution in [2.45, 2.75) is 39.0 Å². The Hall–Kier alpha value is -2.08. The first-order chi connectivity index (χ1) is 11.4. The van der Waals surface area contributed by atoms with Crippen LogP contribution in [0.25, 0.3) is 0 Å². The van der Waals surface area contributed by atoms with Crippen LogP contribution < -0.4 is 15.8 Å². The summed E-state index contributed by atoms with van der Waals surface area (Å²) in [5, 5.41) is 2.69. The van der Waals surface area contributed by atoms with E-state index in [0.717, 1.165) is 10.6 Å². The molecule has 0 saturated heterocycles. The molecule has 1 aromatic rings. The summed E-state index contributed by atoms with van der Waals surface area (Å²) in [5.74, 6) is 0.812. The van der Waals surface area contributed by atoms with Gasteiger partial charge in [0.15, 0.2) is 0 Å². The minimum absolute atomic E-state index is 0.122. The highest BCUT2D eigenvalue weighted by Gasteiger charge is 2.13. The van der Waals surface area contributed by atoms with Crippen molar-refractivity contribution in [1.29, 1.82) is 0 Å². The Morgan fingerprint density at radius 1 is 1.25 bits per heavy atom. The van der Waals surface area contributed by atoms with Crippen LogP contribution in [0.1, 0.15) is 39.2 Å². The van der Waals surface area contributed by atoms with Crippen LogP contribution in [-0.4, -0.2) is 43.6 Å². The van der Waals surface area contributed by atoms with Crippen molar-refractivity contribution in [1.82, 2.24) is 10.2 Å². The Morgan fingerprint density at radius 2 is 1.92 bits per heavy atom. The third-order valence-electron chi connectivity index (χ3n) is 3.58. The number of carbonyl (C=O) groups is 2. The largest absolute Gasteiger partial charge is 0.494 e. The van der Waals surface area contributed by atoms with Crippen molar-refractivity contribution >= 4 is 12.4 Å². The monoisotopic (exact) mass is 335 g/mol. The second-order valence-corrected chi connectivity index (χ2v) is 6.65. The van der Waals surface area contributed by atoms with Gasteiger partial charge in [-0.2, -0.15) is 0 Å². The Kier molecular flexibility index (Phi) is 8.26. The first kappa shape index (κ1) is 20.0. The lowest BCUT2D eigenvalue weighted by Crippen LogP contribution is -2.40. The third-order valence-corrected chi connectivity index (χ3v) is 3.58. The van der Waals surface area contributed by atoms with Gasteiger partial charge in [0.2, 0.25) is 6.41 Å². The van der Waals surface area contributed by atoms with E-state index in [1.54, 1.807) is 0 Å².